The van der Waals surface area contributed by atoms with Crippen LogP contribution in [0.3, 0.4) is 0 Å². The Bertz CT molecular complexity index is 238. The normalized spacial score (nSPS) is 26.0. The van der Waals surface area contributed by atoms with Crippen LogP contribution in [0, 0.1) is 5.92 Å². The minimum absolute atomic E-state index is 0.431. The molecule has 5 heteroatoms. The summed E-state index contributed by atoms with van der Waals surface area (Å²) in [5.41, 5.74) is -0.589. The van der Waals surface area contributed by atoms with Crippen LogP contribution in [0.1, 0.15) is 33.6 Å². The molecule has 0 radical (unpaired) electrons. The number of halogens is 2. The molecule has 1 aliphatic rings. The number of nitrogens with one attached hydrogen (secondary N) is 1. The van der Waals surface area contributed by atoms with Crippen LogP contribution in [0.2, 0.25) is 0 Å². The highest BCUT2D eigenvalue weighted by Gasteiger charge is 2.39. The van der Waals surface area contributed by atoms with Gasteiger partial charge >= 0.3 is 6.09 Å². The maximum atomic E-state index is 12.3. The van der Waals surface area contributed by atoms with Crippen LogP contribution in [-0.2, 0) is 4.74 Å². The molecule has 1 saturated carbocycles. The van der Waals surface area contributed by atoms with Crippen molar-refractivity contribution in [2.75, 3.05) is 0 Å². The summed E-state index contributed by atoms with van der Waals surface area (Å²) in [6.45, 7) is 5.20. The molecule has 0 heterocycles. The van der Waals surface area contributed by atoms with E-state index in [2.05, 4.69) is 5.32 Å². The molecular formula is C10H17F2NO2. The monoisotopic (exact) mass is 221 g/mol. The van der Waals surface area contributed by atoms with E-state index in [1.165, 1.54) is 0 Å². The third-order valence-corrected chi connectivity index (χ3v) is 2.35. The number of hydrogen-bond acceptors (Lipinski definition) is 2. The Labute approximate surface area is 88.2 Å². The van der Waals surface area contributed by atoms with Crippen molar-refractivity contribution in [1.82, 2.24) is 5.32 Å². The molecule has 0 aromatic carbocycles. The zero-order valence-corrected chi connectivity index (χ0v) is 9.22. The average Bonchev–Trinajstić information content (AvgIpc) is 1.93. The number of alkyl carbamates (subject to hydrolysis) is 1. The van der Waals surface area contributed by atoms with E-state index < -0.39 is 30.1 Å². The summed E-state index contributed by atoms with van der Waals surface area (Å²) in [6.07, 6.45) is -1.90. The third kappa shape index (κ3) is 3.64. The Balaban J connectivity index is 2.33. The zero-order valence-electron chi connectivity index (χ0n) is 9.22. The molecule has 0 saturated heterocycles. The molecule has 2 unspecified atom stereocenters. The number of amides is 1. The Kier molecular flexibility index (Phi) is 3.52. The van der Waals surface area contributed by atoms with E-state index in [-0.39, 0.29) is 0 Å². The number of rotatable bonds is 2. The molecule has 0 spiro atoms. The first-order valence-electron chi connectivity index (χ1n) is 5.07. The molecule has 0 aromatic rings. The smallest absolute Gasteiger partial charge is 0.407 e. The molecule has 88 valence electrons. The first-order chi connectivity index (χ1) is 6.79. The fourth-order valence-electron chi connectivity index (χ4n) is 1.47. The standard InChI is InChI=1S/C10H17F2NO2/c1-10(2,3)15-9(14)13-7-5-4-6(7)8(11)12/h6-8H,4-5H2,1-3H3,(H,13,14). The second-order valence-corrected chi connectivity index (χ2v) is 4.83. The predicted molar refractivity (Wildman–Crippen MR) is 51.9 cm³/mol. The van der Waals surface area contributed by atoms with Gasteiger partial charge in [0.05, 0.1) is 0 Å². The van der Waals surface area contributed by atoms with Crippen molar-refractivity contribution in [1.29, 1.82) is 0 Å². The van der Waals surface area contributed by atoms with Crippen molar-refractivity contribution < 1.29 is 18.3 Å². The first kappa shape index (κ1) is 12.2. The van der Waals surface area contributed by atoms with Gasteiger partial charge in [-0.05, 0) is 33.6 Å². The SMILES string of the molecule is CC(C)(C)OC(=O)NC1CCC1C(F)F. The van der Waals surface area contributed by atoms with Gasteiger partial charge < -0.3 is 10.1 Å². The van der Waals surface area contributed by atoms with E-state index >= 15 is 0 Å². The molecule has 1 N–H and O–H groups in total. The highest BCUT2D eigenvalue weighted by Crippen LogP contribution is 2.32. The molecule has 15 heavy (non-hydrogen) atoms. The van der Waals surface area contributed by atoms with E-state index in [0.717, 1.165) is 0 Å². The third-order valence-electron chi connectivity index (χ3n) is 2.35. The Morgan fingerprint density at radius 2 is 2.00 bits per heavy atom. The number of alkyl halides is 2. The first-order valence-corrected chi connectivity index (χ1v) is 5.07. The number of hydrogen-bond donors (Lipinski definition) is 1. The van der Waals surface area contributed by atoms with E-state index in [0.29, 0.717) is 12.8 Å². The Hall–Kier alpha value is -0.870. The minimum Gasteiger partial charge on any atom is -0.444 e. The van der Waals surface area contributed by atoms with E-state index in [1.807, 2.05) is 0 Å². The zero-order chi connectivity index (χ0) is 11.6. The Morgan fingerprint density at radius 3 is 2.33 bits per heavy atom. The lowest BCUT2D eigenvalue weighted by Crippen LogP contribution is -2.50. The molecule has 1 aliphatic carbocycles. The molecular weight excluding hydrogens is 204 g/mol. The summed E-state index contributed by atoms with van der Waals surface area (Å²) in [4.78, 5) is 11.3. The highest BCUT2D eigenvalue weighted by molar-refractivity contribution is 5.68. The summed E-state index contributed by atoms with van der Waals surface area (Å²) >= 11 is 0. The lowest BCUT2D eigenvalue weighted by molar-refractivity contribution is -0.00116. The van der Waals surface area contributed by atoms with Crippen LogP contribution in [0.4, 0.5) is 13.6 Å². The van der Waals surface area contributed by atoms with Gasteiger partial charge in [-0.1, -0.05) is 0 Å². The molecule has 0 aliphatic heterocycles. The van der Waals surface area contributed by atoms with Crippen LogP contribution >= 0.6 is 0 Å². The van der Waals surface area contributed by atoms with Gasteiger partial charge in [0, 0.05) is 12.0 Å². The predicted octanol–water partition coefficient (Wildman–Crippen LogP) is 2.55. The maximum absolute atomic E-state index is 12.3. The lowest BCUT2D eigenvalue weighted by Gasteiger charge is -2.36. The highest BCUT2D eigenvalue weighted by atomic mass is 19.3. The van der Waals surface area contributed by atoms with Gasteiger partial charge in [0.1, 0.15) is 5.60 Å². The fraction of sp³-hybridized carbons (Fsp3) is 0.900. The molecule has 1 amide bonds. The summed E-state index contributed by atoms with van der Waals surface area (Å²) in [5.74, 6) is -0.711. The number of ether oxygens (including phenoxy) is 1. The van der Waals surface area contributed by atoms with E-state index in [1.54, 1.807) is 20.8 Å². The minimum atomic E-state index is -2.36. The number of carbonyl (C=O) groups is 1. The Morgan fingerprint density at radius 1 is 1.40 bits per heavy atom. The summed E-state index contributed by atoms with van der Waals surface area (Å²) in [6, 6.07) is -0.431. The van der Waals surface area contributed by atoms with Gasteiger partial charge in [0.25, 0.3) is 0 Å². The van der Waals surface area contributed by atoms with Crippen molar-refractivity contribution >= 4 is 6.09 Å². The van der Waals surface area contributed by atoms with Crippen molar-refractivity contribution in [2.24, 2.45) is 5.92 Å². The van der Waals surface area contributed by atoms with Gasteiger partial charge in [0.2, 0.25) is 6.43 Å². The van der Waals surface area contributed by atoms with Gasteiger partial charge in [-0.15, -0.1) is 0 Å². The summed E-state index contributed by atoms with van der Waals surface area (Å²) in [7, 11) is 0. The van der Waals surface area contributed by atoms with Crippen molar-refractivity contribution in [3.05, 3.63) is 0 Å². The second kappa shape index (κ2) is 4.33. The van der Waals surface area contributed by atoms with E-state index in [4.69, 9.17) is 4.74 Å². The van der Waals surface area contributed by atoms with Gasteiger partial charge in [-0.3, -0.25) is 0 Å². The molecule has 2 atom stereocenters. The van der Waals surface area contributed by atoms with Crippen LogP contribution in [0.25, 0.3) is 0 Å². The van der Waals surface area contributed by atoms with Crippen LogP contribution in [0.15, 0.2) is 0 Å². The lowest BCUT2D eigenvalue weighted by atomic mass is 9.80. The maximum Gasteiger partial charge on any atom is 0.407 e. The fourth-order valence-corrected chi connectivity index (χ4v) is 1.47. The second-order valence-electron chi connectivity index (χ2n) is 4.83. The quantitative estimate of drug-likeness (QED) is 0.778. The van der Waals surface area contributed by atoms with Crippen LogP contribution in [0.5, 0.6) is 0 Å². The molecule has 0 bridgehead atoms. The molecule has 1 rings (SSSR count). The molecule has 3 nitrogen and oxygen atoms in total. The van der Waals surface area contributed by atoms with Gasteiger partial charge in [0.15, 0.2) is 0 Å². The summed E-state index contributed by atoms with van der Waals surface area (Å²) < 4.78 is 29.6. The molecule has 1 fully saturated rings. The van der Waals surface area contributed by atoms with E-state index in [9.17, 15) is 13.6 Å². The van der Waals surface area contributed by atoms with Crippen molar-refractivity contribution in [3.63, 3.8) is 0 Å². The van der Waals surface area contributed by atoms with Crippen molar-refractivity contribution in [3.8, 4) is 0 Å². The van der Waals surface area contributed by atoms with Gasteiger partial charge in [-0.2, -0.15) is 0 Å². The molecule has 0 aromatic heterocycles. The average molecular weight is 221 g/mol. The van der Waals surface area contributed by atoms with Crippen LogP contribution in [-0.4, -0.2) is 24.2 Å². The largest absolute Gasteiger partial charge is 0.444 e. The van der Waals surface area contributed by atoms with Crippen LogP contribution < -0.4 is 5.32 Å². The van der Waals surface area contributed by atoms with Crippen molar-refractivity contribution in [2.45, 2.75) is 51.7 Å². The van der Waals surface area contributed by atoms with Gasteiger partial charge in [-0.25, -0.2) is 13.6 Å². The topological polar surface area (TPSA) is 38.3 Å². The summed E-state index contributed by atoms with van der Waals surface area (Å²) in [5, 5.41) is 2.46. The number of carbonyl (C=O) groups excluding carboxylic acids is 1.